The van der Waals surface area contributed by atoms with Crippen molar-refractivity contribution < 1.29 is 9.53 Å². The number of carbonyl (C=O) groups excluding carboxylic acids is 1. The van der Waals surface area contributed by atoms with E-state index in [1.165, 1.54) is 11.8 Å². The van der Waals surface area contributed by atoms with Gasteiger partial charge in [-0.3, -0.25) is 0 Å². The molecule has 0 saturated carbocycles. The van der Waals surface area contributed by atoms with Gasteiger partial charge in [-0.15, -0.1) is 16.9 Å². The van der Waals surface area contributed by atoms with Crippen molar-refractivity contribution in [1.29, 1.82) is 0 Å². The van der Waals surface area contributed by atoms with Crippen molar-refractivity contribution >= 4 is 17.7 Å². The lowest BCUT2D eigenvalue weighted by Crippen LogP contribution is -2.10. The van der Waals surface area contributed by atoms with Crippen LogP contribution in [0.25, 0.3) is 22.5 Å². The van der Waals surface area contributed by atoms with E-state index in [-0.39, 0.29) is 5.97 Å². The van der Waals surface area contributed by atoms with Crippen molar-refractivity contribution in [2.75, 3.05) is 6.61 Å². The number of nitrogens with one attached hydrogen (secondary N) is 1. The summed E-state index contributed by atoms with van der Waals surface area (Å²) in [6, 6.07) is 16.3. The summed E-state index contributed by atoms with van der Waals surface area (Å²) in [6.07, 6.45) is 4.46. The minimum Gasteiger partial charge on any atom is -0.462 e. The third-order valence-corrected chi connectivity index (χ3v) is 6.28. The topological polar surface area (TPSA) is 107 Å². The minimum atomic E-state index is -0.388. The number of hydrogen-bond donors (Lipinski definition) is 1. The molecule has 0 amide bonds. The van der Waals surface area contributed by atoms with Crippen molar-refractivity contribution in [2.45, 2.75) is 43.9 Å². The number of tetrazole rings is 1. The number of carbonyl (C=O) groups is 1. The summed E-state index contributed by atoms with van der Waals surface area (Å²) >= 11 is 1.52. The van der Waals surface area contributed by atoms with Gasteiger partial charge in [-0.25, -0.2) is 19.9 Å². The standard InChI is InChI=1S/C25H26N6O2S/c1-3-5-10-22-26-15-21(25(32)33-4-2)24(27-22)34-16-17-11-13-18(14-12-17)19-8-6-7-9-20(19)23-28-30-31-29-23/h6-9,11-15H,3-5,10,16H2,1-2H3,(H,28,29,30,31). The second-order valence-corrected chi connectivity index (χ2v) is 8.57. The minimum absolute atomic E-state index is 0.313. The average molecular weight is 475 g/mol. The molecule has 2 heterocycles. The van der Waals surface area contributed by atoms with Gasteiger partial charge in [0.25, 0.3) is 0 Å². The summed E-state index contributed by atoms with van der Waals surface area (Å²) in [4.78, 5) is 21.4. The molecular formula is C25H26N6O2S. The number of thioether (sulfide) groups is 1. The Morgan fingerprint density at radius 3 is 2.56 bits per heavy atom. The summed E-state index contributed by atoms with van der Waals surface area (Å²) in [5.74, 6) is 1.67. The number of nitrogens with zero attached hydrogens (tertiary/aromatic N) is 5. The van der Waals surface area contributed by atoms with Crippen LogP contribution in [0.5, 0.6) is 0 Å². The van der Waals surface area contributed by atoms with Crippen LogP contribution in [0.3, 0.4) is 0 Å². The van der Waals surface area contributed by atoms with E-state index in [4.69, 9.17) is 4.74 Å². The highest BCUT2D eigenvalue weighted by molar-refractivity contribution is 7.98. The fraction of sp³-hybridized carbons (Fsp3) is 0.280. The second-order valence-electron chi connectivity index (χ2n) is 7.61. The van der Waals surface area contributed by atoms with Gasteiger partial charge in [0.2, 0.25) is 0 Å². The molecule has 4 rings (SSSR count). The third-order valence-electron chi connectivity index (χ3n) is 5.22. The summed E-state index contributed by atoms with van der Waals surface area (Å²) in [5.41, 5.74) is 4.58. The quantitative estimate of drug-likeness (QED) is 0.191. The lowest BCUT2D eigenvalue weighted by Gasteiger charge is -2.10. The van der Waals surface area contributed by atoms with E-state index >= 15 is 0 Å². The molecule has 0 saturated heterocycles. The second kappa shape index (κ2) is 11.5. The lowest BCUT2D eigenvalue weighted by molar-refractivity contribution is 0.0520. The first-order chi connectivity index (χ1) is 16.7. The van der Waals surface area contributed by atoms with Crippen LogP contribution in [0.15, 0.2) is 59.8 Å². The molecule has 34 heavy (non-hydrogen) atoms. The SMILES string of the molecule is CCCCc1ncc(C(=O)OCC)c(SCc2ccc(-c3ccccc3-c3nnn[nH]3)cc2)n1. The molecule has 0 unspecified atom stereocenters. The Morgan fingerprint density at radius 1 is 1.06 bits per heavy atom. The molecule has 2 aromatic carbocycles. The van der Waals surface area contributed by atoms with E-state index in [9.17, 15) is 4.79 Å². The highest BCUT2D eigenvalue weighted by atomic mass is 32.2. The molecule has 0 aliphatic heterocycles. The molecule has 0 aliphatic rings. The van der Waals surface area contributed by atoms with E-state index in [2.05, 4.69) is 61.8 Å². The first-order valence-corrected chi connectivity index (χ1v) is 12.3. The number of aryl methyl sites for hydroxylation is 1. The maximum atomic E-state index is 12.4. The molecule has 0 atom stereocenters. The Hall–Kier alpha value is -3.59. The molecule has 1 N–H and O–H groups in total. The highest BCUT2D eigenvalue weighted by Gasteiger charge is 2.17. The Balaban J connectivity index is 1.52. The van der Waals surface area contributed by atoms with Crippen LogP contribution in [-0.4, -0.2) is 43.2 Å². The predicted molar refractivity (Wildman–Crippen MR) is 131 cm³/mol. The molecule has 0 radical (unpaired) electrons. The van der Waals surface area contributed by atoms with Crippen LogP contribution in [0, 0.1) is 0 Å². The van der Waals surface area contributed by atoms with E-state index in [1.807, 2.05) is 24.3 Å². The zero-order valence-electron chi connectivity index (χ0n) is 19.2. The van der Waals surface area contributed by atoms with E-state index in [0.717, 1.165) is 47.3 Å². The van der Waals surface area contributed by atoms with E-state index in [1.54, 1.807) is 13.1 Å². The summed E-state index contributed by atoms with van der Waals surface area (Å²) in [5, 5.41) is 14.9. The van der Waals surface area contributed by atoms with Gasteiger partial charge < -0.3 is 4.74 Å². The van der Waals surface area contributed by atoms with Gasteiger partial charge in [-0.1, -0.05) is 61.9 Å². The van der Waals surface area contributed by atoms with Gasteiger partial charge in [-0.2, -0.15) is 0 Å². The number of H-pyrrole nitrogens is 1. The van der Waals surface area contributed by atoms with Crippen molar-refractivity contribution in [2.24, 2.45) is 0 Å². The average Bonchev–Trinajstić information content (AvgIpc) is 3.42. The predicted octanol–water partition coefficient (Wildman–Crippen LogP) is 5.14. The first-order valence-electron chi connectivity index (χ1n) is 11.3. The van der Waals surface area contributed by atoms with Crippen molar-refractivity contribution in [3.8, 4) is 22.5 Å². The third kappa shape index (κ3) is 5.66. The zero-order valence-corrected chi connectivity index (χ0v) is 20.0. The van der Waals surface area contributed by atoms with Crippen LogP contribution in [-0.2, 0) is 16.9 Å². The number of ether oxygens (including phenoxy) is 1. The maximum absolute atomic E-state index is 12.4. The van der Waals surface area contributed by atoms with E-state index in [0.29, 0.717) is 28.8 Å². The van der Waals surface area contributed by atoms with Gasteiger partial charge in [0.1, 0.15) is 16.4 Å². The highest BCUT2D eigenvalue weighted by Crippen LogP contribution is 2.31. The Bertz CT molecular complexity index is 1230. The van der Waals surface area contributed by atoms with Crippen LogP contribution < -0.4 is 0 Å². The molecular weight excluding hydrogens is 448 g/mol. The number of unbranched alkanes of at least 4 members (excludes halogenated alkanes) is 1. The smallest absolute Gasteiger partial charge is 0.342 e. The Morgan fingerprint density at radius 2 is 1.85 bits per heavy atom. The Labute approximate surface area is 202 Å². The number of benzene rings is 2. The van der Waals surface area contributed by atoms with Gasteiger partial charge in [0.15, 0.2) is 5.82 Å². The number of esters is 1. The largest absolute Gasteiger partial charge is 0.462 e. The number of rotatable bonds is 10. The lowest BCUT2D eigenvalue weighted by atomic mass is 9.98. The number of aromatic nitrogens is 6. The molecule has 2 aromatic heterocycles. The zero-order chi connectivity index (χ0) is 23.8. The summed E-state index contributed by atoms with van der Waals surface area (Å²) < 4.78 is 5.20. The molecule has 174 valence electrons. The monoisotopic (exact) mass is 474 g/mol. The summed E-state index contributed by atoms with van der Waals surface area (Å²) in [6.45, 7) is 4.24. The molecule has 0 fully saturated rings. The summed E-state index contributed by atoms with van der Waals surface area (Å²) in [7, 11) is 0. The van der Waals surface area contributed by atoms with Crippen LogP contribution in [0.1, 0.15) is 48.4 Å². The molecule has 0 spiro atoms. The van der Waals surface area contributed by atoms with Gasteiger partial charge in [0, 0.05) is 23.9 Å². The number of hydrogen-bond acceptors (Lipinski definition) is 8. The normalized spacial score (nSPS) is 10.9. The first kappa shape index (κ1) is 23.6. The van der Waals surface area contributed by atoms with Gasteiger partial charge in [0.05, 0.1) is 6.61 Å². The van der Waals surface area contributed by atoms with Gasteiger partial charge >= 0.3 is 5.97 Å². The van der Waals surface area contributed by atoms with Crippen LogP contribution in [0.2, 0.25) is 0 Å². The van der Waals surface area contributed by atoms with Crippen LogP contribution in [0.4, 0.5) is 0 Å². The van der Waals surface area contributed by atoms with Crippen LogP contribution >= 0.6 is 11.8 Å². The molecule has 0 bridgehead atoms. The number of aromatic amines is 1. The van der Waals surface area contributed by atoms with Crippen molar-refractivity contribution in [3.63, 3.8) is 0 Å². The fourth-order valence-electron chi connectivity index (χ4n) is 3.46. The molecule has 0 aliphatic carbocycles. The van der Waals surface area contributed by atoms with E-state index < -0.39 is 0 Å². The fourth-order valence-corrected chi connectivity index (χ4v) is 4.42. The Kier molecular flexibility index (Phi) is 7.98. The van der Waals surface area contributed by atoms with Crippen molar-refractivity contribution in [1.82, 2.24) is 30.6 Å². The molecule has 9 heteroatoms. The van der Waals surface area contributed by atoms with Gasteiger partial charge in [-0.05, 0) is 40.5 Å². The molecule has 8 nitrogen and oxygen atoms in total. The molecule has 4 aromatic rings. The maximum Gasteiger partial charge on any atom is 0.342 e. The van der Waals surface area contributed by atoms with Crippen molar-refractivity contribution in [3.05, 3.63) is 71.7 Å².